The third kappa shape index (κ3) is 3.28. The maximum absolute atomic E-state index is 12.1. The molecule has 0 radical (unpaired) electrons. The van der Waals surface area contributed by atoms with Crippen LogP contribution >= 0.6 is 23.1 Å². The molecule has 24 heavy (non-hydrogen) atoms. The maximum atomic E-state index is 12.1. The molecule has 7 heteroatoms. The molecule has 1 aliphatic carbocycles. The lowest BCUT2D eigenvalue weighted by Gasteiger charge is -2.22. The van der Waals surface area contributed by atoms with Crippen molar-refractivity contribution in [3.05, 3.63) is 24.3 Å². The average Bonchev–Trinajstić information content (AvgIpc) is 3.15. The van der Waals surface area contributed by atoms with Crippen molar-refractivity contribution in [3.63, 3.8) is 0 Å². The van der Waals surface area contributed by atoms with Crippen LogP contribution in [0.2, 0.25) is 0 Å². The number of amides is 1. The molecule has 5 nitrogen and oxygen atoms in total. The van der Waals surface area contributed by atoms with Gasteiger partial charge in [-0.25, -0.2) is 0 Å². The summed E-state index contributed by atoms with van der Waals surface area (Å²) in [5.41, 5.74) is 1.14. The molecule has 0 saturated heterocycles. The Bertz CT molecular complexity index is 851. The fourth-order valence-electron chi connectivity index (χ4n) is 3.23. The summed E-state index contributed by atoms with van der Waals surface area (Å²) >= 11 is 3.24. The van der Waals surface area contributed by atoms with Gasteiger partial charge in [-0.15, -0.1) is 10.2 Å². The first kappa shape index (κ1) is 15.9. The Kier molecular flexibility index (Phi) is 4.71. The molecule has 0 aliphatic heterocycles. The number of fused-ring (bicyclic) bond motifs is 3. The second-order valence-electron chi connectivity index (χ2n) is 6.17. The van der Waals surface area contributed by atoms with Gasteiger partial charge in [-0.05, 0) is 25.0 Å². The SMILES string of the molecule is O=C(CCSc1nnc2sc3ccccc3n12)NC1CCCCC1. The molecule has 2 heterocycles. The first-order valence-electron chi connectivity index (χ1n) is 8.46. The quantitative estimate of drug-likeness (QED) is 0.702. The van der Waals surface area contributed by atoms with Crippen LogP contribution in [0.5, 0.6) is 0 Å². The summed E-state index contributed by atoms with van der Waals surface area (Å²) in [6, 6.07) is 8.63. The van der Waals surface area contributed by atoms with Gasteiger partial charge in [0.2, 0.25) is 10.9 Å². The number of benzene rings is 1. The van der Waals surface area contributed by atoms with E-state index in [9.17, 15) is 4.79 Å². The van der Waals surface area contributed by atoms with Crippen LogP contribution in [-0.2, 0) is 4.79 Å². The Morgan fingerprint density at radius 3 is 2.96 bits per heavy atom. The summed E-state index contributed by atoms with van der Waals surface area (Å²) in [7, 11) is 0. The summed E-state index contributed by atoms with van der Waals surface area (Å²) in [5.74, 6) is 0.883. The molecule has 1 N–H and O–H groups in total. The lowest BCUT2D eigenvalue weighted by atomic mass is 9.95. The van der Waals surface area contributed by atoms with Crippen molar-refractivity contribution in [3.8, 4) is 0 Å². The smallest absolute Gasteiger partial charge is 0.221 e. The van der Waals surface area contributed by atoms with E-state index in [0.29, 0.717) is 12.5 Å². The van der Waals surface area contributed by atoms with Gasteiger partial charge >= 0.3 is 0 Å². The lowest BCUT2D eigenvalue weighted by Crippen LogP contribution is -2.36. The molecule has 1 aromatic carbocycles. The summed E-state index contributed by atoms with van der Waals surface area (Å²) in [6.45, 7) is 0. The minimum atomic E-state index is 0.158. The standard InChI is InChI=1S/C17H20N4OS2/c22-15(18-12-6-2-1-3-7-12)10-11-23-16-19-20-17-21(16)13-8-4-5-9-14(13)24-17/h4-5,8-9,12H,1-3,6-7,10-11H2,(H,18,22). The fraction of sp³-hybridized carbons (Fsp3) is 0.471. The highest BCUT2D eigenvalue weighted by Crippen LogP contribution is 2.29. The molecule has 2 aromatic heterocycles. The molecule has 0 unspecified atom stereocenters. The van der Waals surface area contributed by atoms with Gasteiger partial charge in [0.25, 0.3) is 0 Å². The Morgan fingerprint density at radius 1 is 1.25 bits per heavy atom. The molecule has 0 spiro atoms. The molecule has 1 aliphatic rings. The monoisotopic (exact) mass is 360 g/mol. The summed E-state index contributed by atoms with van der Waals surface area (Å²) in [4.78, 5) is 13.0. The minimum Gasteiger partial charge on any atom is -0.353 e. The van der Waals surface area contributed by atoms with Gasteiger partial charge in [0.15, 0.2) is 5.16 Å². The molecule has 126 valence electrons. The van der Waals surface area contributed by atoms with Crippen molar-refractivity contribution >= 4 is 44.2 Å². The number of thiazole rings is 1. The lowest BCUT2D eigenvalue weighted by molar-refractivity contribution is -0.121. The van der Waals surface area contributed by atoms with Crippen molar-refractivity contribution in [2.75, 3.05) is 5.75 Å². The van der Waals surface area contributed by atoms with Crippen LogP contribution in [0.4, 0.5) is 0 Å². The molecule has 3 aromatic rings. The summed E-state index contributed by atoms with van der Waals surface area (Å²) < 4.78 is 3.29. The van der Waals surface area contributed by atoms with E-state index in [2.05, 4.69) is 32.0 Å². The highest BCUT2D eigenvalue weighted by molar-refractivity contribution is 7.99. The van der Waals surface area contributed by atoms with Crippen LogP contribution in [0.1, 0.15) is 38.5 Å². The Balaban J connectivity index is 1.37. The number of hydrogen-bond acceptors (Lipinski definition) is 5. The van der Waals surface area contributed by atoms with E-state index >= 15 is 0 Å². The van der Waals surface area contributed by atoms with Gasteiger partial charge in [0, 0.05) is 18.2 Å². The van der Waals surface area contributed by atoms with Gasteiger partial charge in [0.1, 0.15) is 0 Å². The third-order valence-electron chi connectivity index (χ3n) is 4.44. The second-order valence-corrected chi connectivity index (χ2v) is 8.24. The maximum Gasteiger partial charge on any atom is 0.221 e. The zero-order chi connectivity index (χ0) is 16.4. The van der Waals surface area contributed by atoms with Crippen LogP contribution in [0.15, 0.2) is 29.4 Å². The van der Waals surface area contributed by atoms with E-state index in [1.54, 1.807) is 23.1 Å². The van der Waals surface area contributed by atoms with E-state index in [1.165, 1.54) is 24.0 Å². The van der Waals surface area contributed by atoms with Gasteiger partial charge in [-0.2, -0.15) is 0 Å². The number of thioether (sulfide) groups is 1. The van der Waals surface area contributed by atoms with E-state index in [1.807, 2.05) is 12.1 Å². The highest BCUT2D eigenvalue weighted by Gasteiger charge is 2.16. The van der Waals surface area contributed by atoms with Crippen molar-refractivity contribution in [2.45, 2.75) is 49.7 Å². The number of nitrogens with one attached hydrogen (secondary N) is 1. The number of aromatic nitrogens is 3. The molecule has 1 fully saturated rings. The van der Waals surface area contributed by atoms with Gasteiger partial charge in [-0.3, -0.25) is 9.20 Å². The highest BCUT2D eigenvalue weighted by atomic mass is 32.2. The van der Waals surface area contributed by atoms with Crippen molar-refractivity contribution in [2.24, 2.45) is 0 Å². The molecule has 0 atom stereocenters. The van der Waals surface area contributed by atoms with Gasteiger partial charge in [0.05, 0.1) is 10.2 Å². The van der Waals surface area contributed by atoms with Crippen molar-refractivity contribution in [1.29, 1.82) is 0 Å². The Labute approximate surface area is 148 Å². The van der Waals surface area contributed by atoms with Gasteiger partial charge in [-0.1, -0.05) is 54.5 Å². The van der Waals surface area contributed by atoms with Crippen molar-refractivity contribution < 1.29 is 4.79 Å². The Morgan fingerprint density at radius 2 is 2.08 bits per heavy atom. The summed E-state index contributed by atoms with van der Waals surface area (Å²) in [6.07, 6.45) is 6.57. The first-order valence-corrected chi connectivity index (χ1v) is 10.3. The third-order valence-corrected chi connectivity index (χ3v) is 6.38. The van der Waals surface area contributed by atoms with Crippen molar-refractivity contribution in [1.82, 2.24) is 19.9 Å². The van der Waals surface area contributed by atoms with Crippen LogP contribution in [0.25, 0.3) is 15.2 Å². The molecule has 1 amide bonds. The largest absolute Gasteiger partial charge is 0.353 e. The minimum absolute atomic E-state index is 0.158. The fourth-order valence-corrected chi connectivity index (χ4v) is 5.14. The zero-order valence-corrected chi connectivity index (χ0v) is 15.0. The topological polar surface area (TPSA) is 59.3 Å². The molecule has 0 bridgehead atoms. The number of carbonyl (C=O) groups is 1. The van der Waals surface area contributed by atoms with E-state index < -0.39 is 0 Å². The number of rotatable bonds is 5. The number of carbonyl (C=O) groups excluding carboxylic acids is 1. The van der Waals surface area contributed by atoms with Crippen LogP contribution < -0.4 is 5.32 Å². The number of nitrogens with zero attached hydrogens (tertiary/aromatic N) is 3. The first-order chi connectivity index (χ1) is 11.8. The zero-order valence-electron chi connectivity index (χ0n) is 13.4. The molecule has 1 saturated carbocycles. The average molecular weight is 361 g/mol. The van der Waals surface area contributed by atoms with Crippen LogP contribution in [0.3, 0.4) is 0 Å². The molecular weight excluding hydrogens is 340 g/mol. The van der Waals surface area contributed by atoms with Crippen LogP contribution in [-0.4, -0.2) is 32.3 Å². The predicted molar refractivity (Wildman–Crippen MR) is 98.7 cm³/mol. The summed E-state index contributed by atoms with van der Waals surface area (Å²) in [5, 5.41) is 12.6. The molecular formula is C17H20N4OS2. The molecule has 4 rings (SSSR count). The normalized spacial score (nSPS) is 16.0. The van der Waals surface area contributed by atoms with E-state index in [4.69, 9.17) is 0 Å². The predicted octanol–water partition coefficient (Wildman–Crippen LogP) is 3.88. The van der Waals surface area contributed by atoms with Crippen LogP contribution in [0, 0.1) is 0 Å². The van der Waals surface area contributed by atoms with E-state index in [-0.39, 0.29) is 5.91 Å². The van der Waals surface area contributed by atoms with Gasteiger partial charge < -0.3 is 5.32 Å². The van der Waals surface area contributed by atoms with E-state index in [0.717, 1.165) is 34.2 Å². The number of hydrogen-bond donors (Lipinski definition) is 1. The second kappa shape index (κ2) is 7.11. The Hall–Kier alpha value is -1.60. The number of para-hydroxylation sites is 1.